The van der Waals surface area contributed by atoms with E-state index < -0.39 is 17.3 Å². The van der Waals surface area contributed by atoms with Crippen molar-refractivity contribution in [2.45, 2.75) is 31.5 Å². The Balaban J connectivity index is 1.33. The first-order chi connectivity index (χ1) is 15.2. The highest BCUT2D eigenvalue weighted by Crippen LogP contribution is 2.33. The zero-order valence-electron chi connectivity index (χ0n) is 18.0. The number of benzene rings is 1. The van der Waals surface area contributed by atoms with Gasteiger partial charge < -0.3 is 19.9 Å². The summed E-state index contributed by atoms with van der Waals surface area (Å²) in [4.78, 5) is 20.5. The molecule has 0 aliphatic carbocycles. The molecular weight excluding hydrogens is 421 g/mol. The first-order valence-electron chi connectivity index (χ1n) is 10.7. The second-order valence-electron chi connectivity index (χ2n) is 8.65. The van der Waals surface area contributed by atoms with Crippen molar-refractivity contribution in [1.82, 2.24) is 10.3 Å². The van der Waals surface area contributed by atoms with Crippen molar-refractivity contribution in [2.75, 3.05) is 49.2 Å². The van der Waals surface area contributed by atoms with Gasteiger partial charge in [0, 0.05) is 38.1 Å². The van der Waals surface area contributed by atoms with Gasteiger partial charge in [-0.25, -0.2) is 0 Å². The molecule has 2 aromatic rings. The summed E-state index contributed by atoms with van der Waals surface area (Å²) in [6, 6.07) is 9.07. The number of hydrogen-bond donors (Lipinski definition) is 1. The molecule has 0 radical (unpaired) electrons. The van der Waals surface area contributed by atoms with E-state index in [-0.39, 0.29) is 12.3 Å². The standard InChI is InChI=1S/C23H27F3N4O2/c1-22(6-7-30(16-22)20-13-18(14-27-15-20)23(24,25)26)28-21(31)12-17-2-4-19(5-3-17)29-8-10-32-11-9-29/h2-5,13-15H,6-12,16H2,1H3,(H,28,31)/t22-/m1/s1. The summed E-state index contributed by atoms with van der Waals surface area (Å²) in [7, 11) is 0. The number of halogens is 3. The van der Waals surface area contributed by atoms with Gasteiger partial charge in [0.1, 0.15) is 0 Å². The Morgan fingerprint density at radius 2 is 1.81 bits per heavy atom. The SMILES string of the molecule is C[C@@]1(NC(=O)Cc2ccc(N3CCOCC3)cc2)CCN(c2cncc(C(F)(F)F)c2)C1. The predicted molar refractivity (Wildman–Crippen MR) is 116 cm³/mol. The van der Waals surface area contributed by atoms with E-state index in [9.17, 15) is 18.0 Å². The fourth-order valence-electron chi connectivity index (χ4n) is 4.25. The summed E-state index contributed by atoms with van der Waals surface area (Å²) >= 11 is 0. The maximum Gasteiger partial charge on any atom is 0.417 e. The van der Waals surface area contributed by atoms with Gasteiger partial charge in [0.2, 0.25) is 5.91 Å². The van der Waals surface area contributed by atoms with Crippen molar-refractivity contribution in [1.29, 1.82) is 0 Å². The third-order valence-corrected chi connectivity index (χ3v) is 6.01. The van der Waals surface area contributed by atoms with E-state index in [1.54, 1.807) is 0 Å². The van der Waals surface area contributed by atoms with Crippen molar-refractivity contribution in [3.05, 3.63) is 53.9 Å². The quantitative estimate of drug-likeness (QED) is 0.761. The molecule has 1 amide bonds. The molecule has 4 rings (SSSR count). The molecule has 0 bridgehead atoms. The number of morpholine rings is 1. The molecule has 32 heavy (non-hydrogen) atoms. The molecule has 2 saturated heterocycles. The third-order valence-electron chi connectivity index (χ3n) is 6.01. The van der Waals surface area contributed by atoms with Crippen LogP contribution in [0.3, 0.4) is 0 Å². The summed E-state index contributed by atoms with van der Waals surface area (Å²) < 4.78 is 44.4. The minimum atomic E-state index is -4.43. The molecule has 172 valence electrons. The van der Waals surface area contributed by atoms with Crippen LogP contribution in [0.2, 0.25) is 0 Å². The average molecular weight is 448 g/mol. The van der Waals surface area contributed by atoms with Gasteiger partial charge in [-0.15, -0.1) is 0 Å². The molecule has 0 unspecified atom stereocenters. The topological polar surface area (TPSA) is 57.7 Å². The van der Waals surface area contributed by atoms with Gasteiger partial charge in [0.05, 0.1) is 42.6 Å². The van der Waals surface area contributed by atoms with Gasteiger partial charge in [-0.3, -0.25) is 9.78 Å². The Bertz CT molecular complexity index is 945. The molecular formula is C23H27F3N4O2. The van der Waals surface area contributed by atoms with E-state index >= 15 is 0 Å². The van der Waals surface area contributed by atoms with Crippen LogP contribution in [0.4, 0.5) is 24.5 Å². The highest BCUT2D eigenvalue weighted by atomic mass is 19.4. The molecule has 3 heterocycles. The maximum absolute atomic E-state index is 13.0. The zero-order chi connectivity index (χ0) is 22.8. The van der Waals surface area contributed by atoms with Crippen LogP contribution >= 0.6 is 0 Å². The lowest BCUT2D eigenvalue weighted by molar-refractivity contribution is -0.137. The van der Waals surface area contributed by atoms with Crippen LogP contribution in [0, 0.1) is 0 Å². The van der Waals surface area contributed by atoms with Crippen LogP contribution in [0.15, 0.2) is 42.7 Å². The molecule has 1 N–H and O–H groups in total. The van der Waals surface area contributed by atoms with Gasteiger partial charge in [-0.2, -0.15) is 13.2 Å². The monoisotopic (exact) mass is 448 g/mol. The van der Waals surface area contributed by atoms with Crippen LogP contribution in [0.1, 0.15) is 24.5 Å². The Kier molecular flexibility index (Phi) is 6.28. The third kappa shape index (κ3) is 5.32. The molecule has 1 aromatic carbocycles. The molecule has 0 spiro atoms. The molecule has 1 aromatic heterocycles. The fraction of sp³-hybridized carbons (Fsp3) is 0.478. The molecule has 2 fully saturated rings. The minimum Gasteiger partial charge on any atom is -0.378 e. The normalized spacial score (nSPS) is 21.6. The van der Waals surface area contributed by atoms with Gasteiger partial charge in [-0.1, -0.05) is 12.1 Å². The number of pyridine rings is 1. The average Bonchev–Trinajstić information content (AvgIpc) is 3.16. The number of carbonyl (C=O) groups excluding carboxylic acids is 1. The number of nitrogens with zero attached hydrogens (tertiary/aromatic N) is 3. The molecule has 6 nitrogen and oxygen atoms in total. The maximum atomic E-state index is 13.0. The summed E-state index contributed by atoms with van der Waals surface area (Å²) in [5.74, 6) is -0.101. The second kappa shape index (κ2) is 8.97. The summed E-state index contributed by atoms with van der Waals surface area (Å²) in [6.07, 6.45) is -1.28. The first-order valence-corrected chi connectivity index (χ1v) is 10.7. The lowest BCUT2D eigenvalue weighted by Gasteiger charge is -2.29. The predicted octanol–water partition coefficient (Wildman–Crippen LogP) is 3.26. The summed E-state index contributed by atoms with van der Waals surface area (Å²) in [6.45, 7) is 6.05. The molecule has 1 atom stereocenters. The second-order valence-corrected chi connectivity index (χ2v) is 8.65. The largest absolute Gasteiger partial charge is 0.417 e. The number of nitrogens with one attached hydrogen (secondary N) is 1. The van der Waals surface area contributed by atoms with E-state index in [2.05, 4.69) is 15.2 Å². The summed E-state index contributed by atoms with van der Waals surface area (Å²) in [5.41, 5.74) is 1.16. The van der Waals surface area contributed by atoms with Crippen LogP contribution in [0.5, 0.6) is 0 Å². The first kappa shape index (κ1) is 22.4. The van der Waals surface area contributed by atoms with E-state index in [0.717, 1.165) is 49.8 Å². The number of amides is 1. The lowest BCUT2D eigenvalue weighted by Crippen LogP contribution is -2.48. The number of ether oxygens (including phenoxy) is 1. The van der Waals surface area contributed by atoms with Crippen molar-refractivity contribution in [3.63, 3.8) is 0 Å². The number of rotatable bonds is 5. The van der Waals surface area contributed by atoms with Crippen molar-refractivity contribution in [3.8, 4) is 0 Å². The fourth-order valence-corrected chi connectivity index (χ4v) is 4.25. The van der Waals surface area contributed by atoms with Crippen molar-refractivity contribution in [2.24, 2.45) is 0 Å². The van der Waals surface area contributed by atoms with Crippen LogP contribution in [-0.4, -0.2) is 55.8 Å². The number of carbonyl (C=O) groups is 1. The Labute approximate surface area is 185 Å². The van der Waals surface area contributed by atoms with Gasteiger partial charge >= 0.3 is 6.18 Å². The van der Waals surface area contributed by atoms with Crippen molar-refractivity contribution >= 4 is 17.3 Å². The van der Waals surface area contributed by atoms with Gasteiger partial charge in [0.25, 0.3) is 0 Å². The highest BCUT2D eigenvalue weighted by Gasteiger charge is 2.37. The Morgan fingerprint density at radius 1 is 1.09 bits per heavy atom. The molecule has 2 aliphatic rings. The number of aromatic nitrogens is 1. The Morgan fingerprint density at radius 3 is 2.50 bits per heavy atom. The molecule has 9 heteroatoms. The van der Waals surface area contributed by atoms with Crippen LogP contribution < -0.4 is 15.1 Å². The van der Waals surface area contributed by atoms with Crippen molar-refractivity contribution < 1.29 is 22.7 Å². The van der Waals surface area contributed by atoms with Crippen LogP contribution in [0.25, 0.3) is 0 Å². The molecule has 0 saturated carbocycles. The highest BCUT2D eigenvalue weighted by molar-refractivity contribution is 5.79. The van der Waals surface area contributed by atoms with E-state index in [4.69, 9.17) is 4.74 Å². The Hall–Kier alpha value is -2.81. The van der Waals surface area contributed by atoms with E-state index in [1.807, 2.05) is 36.1 Å². The van der Waals surface area contributed by atoms with Gasteiger partial charge in [0.15, 0.2) is 0 Å². The summed E-state index contributed by atoms with van der Waals surface area (Å²) in [5, 5.41) is 3.08. The molecule has 2 aliphatic heterocycles. The van der Waals surface area contributed by atoms with E-state index in [1.165, 1.54) is 6.20 Å². The lowest BCUT2D eigenvalue weighted by atomic mass is 10.0. The minimum absolute atomic E-state index is 0.101. The van der Waals surface area contributed by atoms with E-state index in [0.29, 0.717) is 25.2 Å². The number of hydrogen-bond acceptors (Lipinski definition) is 5. The smallest absolute Gasteiger partial charge is 0.378 e. The zero-order valence-corrected chi connectivity index (χ0v) is 18.0. The number of anilines is 2. The van der Waals surface area contributed by atoms with Crippen LogP contribution in [-0.2, 0) is 22.1 Å². The number of alkyl halides is 3. The van der Waals surface area contributed by atoms with Gasteiger partial charge in [-0.05, 0) is 37.1 Å².